The van der Waals surface area contributed by atoms with Crippen molar-refractivity contribution in [3.8, 4) is 22.3 Å². The molecule has 1 amide bonds. The van der Waals surface area contributed by atoms with Crippen molar-refractivity contribution in [2.45, 2.75) is 13.3 Å². The van der Waals surface area contributed by atoms with E-state index in [4.69, 9.17) is 11.0 Å². The normalized spacial score (nSPS) is 10.5. The van der Waals surface area contributed by atoms with Crippen LogP contribution in [0.1, 0.15) is 21.6 Å². The van der Waals surface area contributed by atoms with Crippen molar-refractivity contribution in [2.24, 2.45) is 5.73 Å². The van der Waals surface area contributed by atoms with E-state index in [0.29, 0.717) is 12.0 Å². The van der Waals surface area contributed by atoms with Gasteiger partial charge in [-0.3, -0.25) is 4.79 Å². The smallest absolute Gasteiger partial charge is 0.248 e. The van der Waals surface area contributed by atoms with E-state index in [9.17, 15) is 4.79 Å². The molecule has 0 fully saturated rings. The summed E-state index contributed by atoms with van der Waals surface area (Å²) in [5, 5.41) is 9.13. The Kier molecular flexibility index (Phi) is 4.56. The molecule has 4 nitrogen and oxygen atoms in total. The molecule has 3 rings (SSSR count). The Morgan fingerprint density at radius 2 is 2.08 bits per heavy atom. The van der Waals surface area contributed by atoms with Gasteiger partial charge in [0.25, 0.3) is 0 Å². The van der Waals surface area contributed by atoms with Gasteiger partial charge in [0.05, 0.1) is 26.8 Å². The third-order valence-corrected chi connectivity index (χ3v) is 5.42. The first-order valence-corrected chi connectivity index (χ1v) is 8.86. The van der Waals surface area contributed by atoms with E-state index in [0.717, 1.165) is 31.3 Å². The Balaban J connectivity index is 2.21. The highest BCUT2D eigenvalue weighted by atomic mass is 79.9. The van der Waals surface area contributed by atoms with E-state index in [1.54, 1.807) is 23.5 Å². The van der Waals surface area contributed by atoms with E-state index in [1.807, 2.05) is 37.3 Å². The molecule has 0 spiro atoms. The maximum Gasteiger partial charge on any atom is 0.248 e. The van der Waals surface area contributed by atoms with Gasteiger partial charge in [-0.15, -0.1) is 11.3 Å². The van der Waals surface area contributed by atoms with Crippen LogP contribution >= 0.6 is 27.3 Å². The molecule has 1 aromatic carbocycles. The summed E-state index contributed by atoms with van der Waals surface area (Å²) >= 11 is 5.13. The number of primary amides is 1. The average molecular weight is 400 g/mol. The third-order valence-electron chi connectivity index (χ3n) is 3.77. The van der Waals surface area contributed by atoms with Gasteiger partial charge in [0.2, 0.25) is 5.91 Å². The van der Waals surface area contributed by atoms with Crippen molar-refractivity contribution in [2.75, 3.05) is 0 Å². The fraction of sp³-hybridized carbons (Fsp3) is 0.111. The Labute approximate surface area is 152 Å². The molecule has 0 aliphatic rings. The number of nitriles is 1. The van der Waals surface area contributed by atoms with Crippen LogP contribution in [0.3, 0.4) is 0 Å². The summed E-state index contributed by atoms with van der Waals surface area (Å²) in [6, 6.07) is 15.6. The molecule has 0 bridgehead atoms. The molecule has 2 heterocycles. The SMILES string of the molecule is Cc1cc(C(N)=O)ccc1-n1c(CC#N)ccc1-c1ccc(Br)s1. The van der Waals surface area contributed by atoms with Gasteiger partial charge in [0, 0.05) is 16.9 Å². The summed E-state index contributed by atoms with van der Waals surface area (Å²) in [5.41, 5.74) is 9.64. The minimum atomic E-state index is -0.447. The number of hydrogen-bond acceptors (Lipinski definition) is 3. The first kappa shape index (κ1) is 16.5. The first-order valence-electron chi connectivity index (χ1n) is 7.25. The molecule has 0 saturated heterocycles. The number of nitrogens with zero attached hydrogens (tertiary/aromatic N) is 2. The predicted molar refractivity (Wildman–Crippen MR) is 99.4 cm³/mol. The number of aryl methyl sites for hydroxylation is 1. The van der Waals surface area contributed by atoms with Crippen molar-refractivity contribution in [1.82, 2.24) is 4.57 Å². The van der Waals surface area contributed by atoms with Gasteiger partial charge < -0.3 is 10.3 Å². The molecule has 0 saturated carbocycles. The number of nitrogens with two attached hydrogens (primary N) is 1. The molecule has 6 heteroatoms. The number of carbonyl (C=O) groups is 1. The molecule has 0 aliphatic heterocycles. The maximum atomic E-state index is 11.4. The number of aromatic nitrogens is 1. The lowest BCUT2D eigenvalue weighted by Gasteiger charge is -2.15. The van der Waals surface area contributed by atoms with E-state index in [2.05, 4.69) is 26.6 Å². The molecule has 24 heavy (non-hydrogen) atoms. The largest absolute Gasteiger partial charge is 0.366 e. The van der Waals surface area contributed by atoms with Crippen molar-refractivity contribution < 1.29 is 4.79 Å². The molecule has 3 aromatic rings. The van der Waals surface area contributed by atoms with Gasteiger partial charge in [-0.25, -0.2) is 0 Å². The molecule has 0 atom stereocenters. The molecular formula is C18H14BrN3OS. The fourth-order valence-corrected chi connectivity index (χ4v) is 4.09. The Bertz CT molecular complexity index is 965. The topological polar surface area (TPSA) is 71.8 Å². The van der Waals surface area contributed by atoms with Gasteiger partial charge in [0.1, 0.15) is 0 Å². The van der Waals surface area contributed by atoms with Gasteiger partial charge >= 0.3 is 0 Å². The number of benzene rings is 1. The second-order valence-electron chi connectivity index (χ2n) is 5.35. The average Bonchev–Trinajstić information content (AvgIpc) is 3.14. The fourth-order valence-electron chi connectivity index (χ4n) is 2.69. The lowest BCUT2D eigenvalue weighted by atomic mass is 10.1. The minimum Gasteiger partial charge on any atom is -0.366 e. The lowest BCUT2D eigenvalue weighted by molar-refractivity contribution is 0.1000. The van der Waals surface area contributed by atoms with Crippen LogP contribution in [0.2, 0.25) is 0 Å². The number of thiophene rings is 1. The summed E-state index contributed by atoms with van der Waals surface area (Å²) in [6.45, 7) is 1.94. The molecule has 120 valence electrons. The standard InChI is InChI=1S/C18H14BrN3OS/c1-11-10-12(18(21)23)2-4-14(11)22-13(8-9-20)3-5-15(22)16-6-7-17(19)24-16/h2-7,10H,8H2,1H3,(H2,21,23). The van der Waals surface area contributed by atoms with Crippen molar-refractivity contribution >= 4 is 33.2 Å². The van der Waals surface area contributed by atoms with Crippen LogP contribution in [-0.4, -0.2) is 10.5 Å². The van der Waals surface area contributed by atoms with Crippen LogP contribution in [0.5, 0.6) is 0 Å². The first-order chi connectivity index (χ1) is 11.5. The number of rotatable bonds is 4. The predicted octanol–water partition coefficient (Wildman–Crippen LogP) is 4.44. The molecule has 0 unspecified atom stereocenters. The summed E-state index contributed by atoms with van der Waals surface area (Å²) in [7, 11) is 0. The summed E-state index contributed by atoms with van der Waals surface area (Å²) in [6.07, 6.45) is 0.309. The van der Waals surface area contributed by atoms with Crippen molar-refractivity contribution in [1.29, 1.82) is 5.26 Å². The highest BCUT2D eigenvalue weighted by molar-refractivity contribution is 9.11. The summed E-state index contributed by atoms with van der Waals surface area (Å²) < 4.78 is 3.12. The zero-order valence-corrected chi connectivity index (χ0v) is 15.3. The summed E-state index contributed by atoms with van der Waals surface area (Å²) in [5.74, 6) is -0.447. The van der Waals surface area contributed by atoms with Crippen LogP contribution in [0.4, 0.5) is 0 Å². The van der Waals surface area contributed by atoms with Crippen molar-refractivity contribution in [3.05, 3.63) is 63.1 Å². The zero-order valence-electron chi connectivity index (χ0n) is 12.9. The number of halogens is 1. The van der Waals surface area contributed by atoms with Gasteiger partial charge in [-0.2, -0.15) is 5.26 Å². The van der Waals surface area contributed by atoms with E-state index >= 15 is 0 Å². The van der Waals surface area contributed by atoms with E-state index in [1.165, 1.54) is 0 Å². The highest BCUT2D eigenvalue weighted by Crippen LogP contribution is 2.35. The third kappa shape index (κ3) is 3.01. The molecule has 2 aromatic heterocycles. The number of hydrogen-bond donors (Lipinski definition) is 1. The van der Waals surface area contributed by atoms with Gasteiger partial charge in [-0.05, 0) is 70.9 Å². The lowest BCUT2D eigenvalue weighted by Crippen LogP contribution is -2.12. The number of carbonyl (C=O) groups excluding carboxylic acids is 1. The quantitative estimate of drug-likeness (QED) is 0.703. The van der Waals surface area contributed by atoms with Crippen LogP contribution < -0.4 is 5.73 Å². The minimum absolute atomic E-state index is 0.309. The monoisotopic (exact) mass is 399 g/mol. The Morgan fingerprint density at radius 1 is 1.29 bits per heavy atom. The Hall–Kier alpha value is -2.36. The maximum absolute atomic E-state index is 11.4. The second-order valence-corrected chi connectivity index (χ2v) is 7.81. The summed E-state index contributed by atoms with van der Waals surface area (Å²) in [4.78, 5) is 12.5. The van der Waals surface area contributed by atoms with Crippen LogP contribution in [-0.2, 0) is 6.42 Å². The van der Waals surface area contributed by atoms with Gasteiger partial charge in [-0.1, -0.05) is 0 Å². The van der Waals surface area contributed by atoms with Crippen molar-refractivity contribution in [3.63, 3.8) is 0 Å². The molecule has 0 radical (unpaired) electrons. The second kappa shape index (κ2) is 6.63. The van der Waals surface area contributed by atoms with E-state index < -0.39 is 5.91 Å². The van der Waals surface area contributed by atoms with Crippen LogP contribution in [0.25, 0.3) is 16.3 Å². The highest BCUT2D eigenvalue weighted by Gasteiger charge is 2.15. The number of amides is 1. The van der Waals surface area contributed by atoms with E-state index in [-0.39, 0.29) is 0 Å². The van der Waals surface area contributed by atoms with Crippen LogP contribution in [0, 0.1) is 18.3 Å². The molecule has 2 N–H and O–H groups in total. The molecule has 0 aliphatic carbocycles. The Morgan fingerprint density at radius 3 is 2.67 bits per heavy atom. The zero-order chi connectivity index (χ0) is 17.3. The van der Waals surface area contributed by atoms with Gasteiger partial charge in [0.15, 0.2) is 0 Å². The molecular weight excluding hydrogens is 386 g/mol. The van der Waals surface area contributed by atoms with Crippen LogP contribution in [0.15, 0.2) is 46.3 Å².